The Bertz CT molecular complexity index is 773. The molecule has 0 aliphatic carbocycles. The molecule has 0 saturated carbocycles. The zero-order chi connectivity index (χ0) is 32.2. The molecule has 0 amide bonds. The van der Waals surface area contributed by atoms with Gasteiger partial charge in [0.25, 0.3) is 10.1 Å². The fraction of sp³-hybridized carbons (Fsp3) is 1.00. The molecule has 0 aromatic carbocycles. The number of hydrogen-bond donors (Lipinski definition) is 1. The first kappa shape index (κ1) is 43.9. The van der Waals surface area contributed by atoms with E-state index in [4.69, 9.17) is 14.0 Å². The van der Waals surface area contributed by atoms with Crippen LogP contribution in [0.1, 0.15) is 135 Å². The van der Waals surface area contributed by atoms with E-state index in [1.807, 2.05) is 0 Å². The van der Waals surface area contributed by atoms with E-state index in [0.29, 0.717) is 19.5 Å². The summed E-state index contributed by atoms with van der Waals surface area (Å²) in [4.78, 5) is 0. The van der Waals surface area contributed by atoms with Crippen LogP contribution in [0.3, 0.4) is 0 Å². The molecule has 0 rings (SSSR count). The summed E-state index contributed by atoms with van der Waals surface area (Å²) in [7, 11) is 1.41. The van der Waals surface area contributed by atoms with Crippen LogP contribution in [0.25, 0.3) is 0 Å². The van der Waals surface area contributed by atoms with Crippen molar-refractivity contribution in [3.63, 3.8) is 0 Å². The first-order valence-corrected chi connectivity index (χ1v) is 20.4. The van der Waals surface area contributed by atoms with E-state index < -0.39 is 20.0 Å². The van der Waals surface area contributed by atoms with Crippen molar-refractivity contribution < 1.29 is 35.3 Å². The van der Waals surface area contributed by atoms with Crippen LogP contribution in [0.15, 0.2) is 0 Å². The molecule has 0 heterocycles. The van der Waals surface area contributed by atoms with Crippen LogP contribution >= 0.6 is 0 Å². The lowest BCUT2D eigenvalue weighted by Gasteiger charge is -2.23. The van der Waals surface area contributed by atoms with Gasteiger partial charge in [-0.2, -0.15) is 8.42 Å². The summed E-state index contributed by atoms with van der Waals surface area (Å²) in [5.74, 6) is 0.331. The zero-order valence-electron chi connectivity index (χ0n) is 28.4. The number of ether oxygens (including phenoxy) is 2. The minimum atomic E-state index is -3.67. The Labute approximate surface area is 262 Å². The van der Waals surface area contributed by atoms with Crippen molar-refractivity contribution in [1.82, 2.24) is 0 Å². The number of rotatable bonds is 29. The number of sulfone groups is 1. The fourth-order valence-corrected chi connectivity index (χ4v) is 6.39. The van der Waals surface area contributed by atoms with Crippen molar-refractivity contribution >= 4 is 20.0 Å². The Kier molecular flexibility index (Phi) is 29.5. The molecule has 0 saturated heterocycles. The lowest BCUT2D eigenvalue weighted by atomic mass is 10.0. The third-order valence-corrected chi connectivity index (χ3v) is 9.04. The van der Waals surface area contributed by atoms with Crippen LogP contribution < -0.4 is 0 Å². The molecule has 1 atom stereocenters. The van der Waals surface area contributed by atoms with Gasteiger partial charge in [-0.15, -0.1) is 0 Å². The van der Waals surface area contributed by atoms with Crippen LogP contribution in [0.2, 0.25) is 0 Å². The molecule has 0 bridgehead atoms. The lowest BCUT2D eigenvalue weighted by Crippen LogP contribution is -2.35. The molecule has 256 valence electrons. The molecule has 0 fully saturated rings. The third-order valence-electron chi connectivity index (χ3n) is 7.25. The molecule has 0 spiro atoms. The normalized spacial score (nSPS) is 13.1. The summed E-state index contributed by atoms with van der Waals surface area (Å²) in [5.41, 5.74) is 0. The van der Waals surface area contributed by atoms with Crippen molar-refractivity contribution in [2.45, 2.75) is 141 Å². The smallest absolute Gasteiger partial charge is 0.261 e. The van der Waals surface area contributed by atoms with Crippen molar-refractivity contribution in [1.29, 1.82) is 0 Å². The van der Waals surface area contributed by atoms with E-state index in [-0.39, 0.29) is 17.6 Å². The van der Waals surface area contributed by atoms with Gasteiger partial charge in [0.1, 0.15) is 0 Å². The van der Waals surface area contributed by atoms with Crippen molar-refractivity contribution in [3.05, 3.63) is 0 Å². The van der Waals surface area contributed by atoms with Crippen molar-refractivity contribution in [2.24, 2.45) is 0 Å². The van der Waals surface area contributed by atoms with E-state index in [9.17, 15) is 16.8 Å². The van der Waals surface area contributed by atoms with Gasteiger partial charge in [0.05, 0.1) is 58.2 Å². The molecule has 0 aromatic rings. The van der Waals surface area contributed by atoms with E-state index >= 15 is 0 Å². The minimum Gasteiger partial charge on any atom is -0.379 e. The summed E-state index contributed by atoms with van der Waals surface area (Å²) in [6.45, 7) is 4.49. The quantitative estimate of drug-likeness (QED) is 0.0512. The molecule has 8 nitrogen and oxygen atoms in total. The maximum Gasteiger partial charge on any atom is 0.261 e. The second kappa shape index (κ2) is 28.2. The van der Waals surface area contributed by atoms with Gasteiger partial charge in [0.15, 0.2) is 9.84 Å². The van der Waals surface area contributed by atoms with E-state index in [2.05, 4.69) is 28.1 Å². The Morgan fingerprint density at radius 3 is 1.43 bits per heavy atom. The first-order chi connectivity index (χ1) is 19.7. The number of hydrogen-bond acceptors (Lipinski definition) is 6. The fourth-order valence-electron chi connectivity index (χ4n) is 4.78. The summed E-state index contributed by atoms with van der Waals surface area (Å²) in [6.07, 6.45) is 26.1. The molecule has 0 aliphatic heterocycles. The number of unbranched alkanes of at least 4 members (excludes halogenated alkanes) is 18. The Morgan fingerprint density at radius 1 is 0.643 bits per heavy atom. The van der Waals surface area contributed by atoms with Crippen LogP contribution in [0.4, 0.5) is 0 Å². The second-order valence-electron chi connectivity index (χ2n) is 13.0. The SMILES string of the molecule is CCCCCCCCCCCCCCCCCCOCC(CS(=O)(=O)CCCCCC[N+](C)(C)C)OC.CS(=O)(=O)O. The van der Waals surface area contributed by atoms with Gasteiger partial charge in [-0.1, -0.05) is 110 Å². The summed E-state index contributed by atoms with van der Waals surface area (Å²) < 4.78 is 62.9. The lowest BCUT2D eigenvalue weighted by molar-refractivity contribution is -0.870. The van der Waals surface area contributed by atoms with Crippen LogP contribution in [-0.2, 0) is 29.4 Å². The van der Waals surface area contributed by atoms with Crippen LogP contribution in [0, 0.1) is 0 Å². The second-order valence-corrected chi connectivity index (χ2v) is 16.7. The Morgan fingerprint density at radius 2 is 1.02 bits per heavy atom. The standard InChI is InChI=1S/C31H66NO4S.CH4O3S/c1-6-7-8-9-10-11-12-13-14-15-16-17-18-19-21-24-27-36-29-31(35-5)30-37(33,34)28-25-22-20-23-26-32(2,3)4;1-5(2,3)4/h31H,6-30H2,1-5H3;1H3,(H,2,3,4)/q+1;. The van der Waals surface area contributed by atoms with Gasteiger partial charge < -0.3 is 14.0 Å². The highest BCUT2D eigenvalue weighted by molar-refractivity contribution is 7.91. The Balaban J connectivity index is 0. The maximum atomic E-state index is 12.4. The highest BCUT2D eigenvalue weighted by Crippen LogP contribution is 2.14. The highest BCUT2D eigenvalue weighted by Gasteiger charge is 2.19. The van der Waals surface area contributed by atoms with E-state index in [0.717, 1.165) is 43.1 Å². The topological polar surface area (TPSA) is 107 Å². The monoisotopic (exact) mass is 644 g/mol. The Hall–Kier alpha value is -0.260. The predicted octanol–water partition coefficient (Wildman–Crippen LogP) is 7.46. The highest BCUT2D eigenvalue weighted by atomic mass is 32.2. The van der Waals surface area contributed by atoms with Crippen LogP contribution in [0.5, 0.6) is 0 Å². The molecule has 0 radical (unpaired) electrons. The number of methoxy groups -OCH3 is 1. The molecule has 1 unspecified atom stereocenters. The van der Waals surface area contributed by atoms with Crippen molar-refractivity contribution in [2.75, 3.05) is 65.8 Å². The molecular formula is C32H70NO7S2+. The van der Waals surface area contributed by atoms with Crippen LogP contribution in [-0.4, -0.2) is 97.7 Å². The third kappa shape index (κ3) is 41.9. The summed E-state index contributed by atoms with van der Waals surface area (Å²) >= 11 is 0. The summed E-state index contributed by atoms with van der Waals surface area (Å²) in [6, 6.07) is 0. The number of quaternary nitrogens is 1. The van der Waals surface area contributed by atoms with Gasteiger partial charge in [-0.25, -0.2) is 8.42 Å². The van der Waals surface area contributed by atoms with E-state index in [1.165, 1.54) is 96.3 Å². The van der Waals surface area contributed by atoms with Gasteiger partial charge >= 0.3 is 0 Å². The zero-order valence-corrected chi connectivity index (χ0v) is 30.0. The molecule has 1 N–H and O–H groups in total. The minimum absolute atomic E-state index is 0.0708. The average Bonchev–Trinajstić information content (AvgIpc) is 2.87. The van der Waals surface area contributed by atoms with E-state index in [1.54, 1.807) is 7.11 Å². The number of nitrogens with zero attached hydrogens (tertiary/aromatic N) is 1. The molecule has 0 aromatic heterocycles. The van der Waals surface area contributed by atoms with Gasteiger partial charge in [0, 0.05) is 13.7 Å². The van der Waals surface area contributed by atoms with Gasteiger partial charge in [-0.3, -0.25) is 4.55 Å². The predicted molar refractivity (Wildman–Crippen MR) is 179 cm³/mol. The first-order valence-electron chi connectivity index (χ1n) is 16.7. The maximum absolute atomic E-state index is 12.4. The molecule has 0 aliphatic rings. The molecule has 42 heavy (non-hydrogen) atoms. The van der Waals surface area contributed by atoms with Crippen molar-refractivity contribution in [3.8, 4) is 0 Å². The average molecular weight is 645 g/mol. The molecular weight excluding hydrogens is 574 g/mol. The van der Waals surface area contributed by atoms with Gasteiger partial charge in [-0.05, 0) is 25.7 Å². The summed E-state index contributed by atoms with van der Waals surface area (Å²) in [5, 5.41) is 0. The van der Waals surface area contributed by atoms with Gasteiger partial charge in [0.2, 0.25) is 0 Å². The largest absolute Gasteiger partial charge is 0.379 e. The molecule has 10 heteroatoms.